The summed E-state index contributed by atoms with van der Waals surface area (Å²) in [5.41, 5.74) is 5.62. The van der Waals surface area contributed by atoms with Crippen molar-refractivity contribution in [3.8, 4) is 5.82 Å². The summed E-state index contributed by atoms with van der Waals surface area (Å²) in [7, 11) is 0. The van der Waals surface area contributed by atoms with E-state index in [4.69, 9.17) is 16.7 Å². The first-order valence-corrected chi connectivity index (χ1v) is 9.83. The first-order chi connectivity index (χ1) is 13.5. The third kappa shape index (κ3) is 1.59. The summed E-state index contributed by atoms with van der Waals surface area (Å²) >= 11 is 0. The second-order valence-electron chi connectivity index (χ2n) is 9.00. The lowest BCUT2D eigenvalue weighted by molar-refractivity contribution is 0.225. The molecule has 2 bridgehead atoms. The van der Waals surface area contributed by atoms with Crippen LogP contribution >= 0.6 is 0 Å². The summed E-state index contributed by atoms with van der Waals surface area (Å²) in [5.74, 6) is 1.48. The van der Waals surface area contributed by atoms with Crippen molar-refractivity contribution in [3.05, 3.63) is 59.2 Å². The lowest BCUT2D eigenvalue weighted by Crippen LogP contribution is -2.32. The van der Waals surface area contributed by atoms with Crippen LogP contribution in [0, 0.1) is 12.0 Å². The van der Waals surface area contributed by atoms with Crippen molar-refractivity contribution < 1.29 is 0 Å². The Hall–Kier alpha value is -3.13. The Bertz CT molecular complexity index is 1330. The van der Waals surface area contributed by atoms with Gasteiger partial charge in [0.15, 0.2) is 11.5 Å². The molecule has 0 aliphatic heterocycles. The molecule has 0 spiro atoms. The molecule has 2 atom stereocenters. The molecular formula is C23H21N5. The van der Waals surface area contributed by atoms with Crippen molar-refractivity contribution in [2.45, 2.75) is 44.9 Å². The lowest BCUT2D eigenvalue weighted by atomic mass is 9.70. The van der Waals surface area contributed by atoms with E-state index in [0.717, 1.165) is 27.8 Å². The van der Waals surface area contributed by atoms with Crippen molar-refractivity contribution in [3.63, 3.8) is 0 Å². The van der Waals surface area contributed by atoms with Crippen molar-refractivity contribution in [1.29, 1.82) is 0 Å². The summed E-state index contributed by atoms with van der Waals surface area (Å²) in [5, 5.41) is 10.3. The summed E-state index contributed by atoms with van der Waals surface area (Å²) in [4.78, 5) is 8.32. The zero-order valence-corrected chi connectivity index (χ0v) is 16.2. The molecule has 2 aliphatic rings. The van der Waals surface area contributed by atoms with Crippen molar-refractivity contribution in [2.24, 2.45) is 5.41 Å². The van der Waals surface area contributed by atoms with E-state index in [-0.39, 0.29) is 10.8 Å². The van der Waals surface area contributed by atoms with Crippen LogP contribution in [0.15, 0.2) is 36.5 Å². The molecule has 0 saturated heterocycles. The van der Waals surface area contributed by atoms with Gasteiger partial charge in [0.1, 0.15) is 5.65 Å². The molecule has 3 heterocycles. The number of H-pyrrole nitrogens is 1. The van der Waals surface area contributed by atoms with Crippen molar-refractivity contribution in [1.82, 2.24) is 19.7 Å². The average molecular weight is 367 g/mol. The van der Waals surface area contributed by atoms with Crippen LogP contribution in [0.2, 0.25) is 0 Å². The molecule has 28 heavy (non-hydrogen) atoms. The highest BCUT2D eigenvalue weighted by Crippen LogP contribution is 2.68. The molecule has 3 aromatic heterocycles. The summed E-state index contributed by atoms with van der Waals surface area (Å²) < 4.78 is 2.19. The van der Waals surface area contributed by atoms with E-state index < -0.39 is 0 Å². The average Bonchev–Trinajstić information content (AvgIpc) is 3.37. The number of nitrogens with zero attached hydrogens (tertiary/aromatic N) is 4. The van der Waals surface area contributed by atoms with Gasteiger partial charge in [0, 0.05) is 28.3 Å². The Kier molecular flexibility index (Phi) is 2.74. The normalized spacial score (nSPS) is 24.7. The van der Waals surface area contributed by atoms with E-state index in [1.165, 1.54) is 24.1 Å². The van der Waals surface area contributed by atoms with Crippen LogP contribution in [-0.4, -0.2) is 19.7 Å². The molecule has 138 valence electrons. The molecular weight excluding hydrogens is 346 g/mol. The van der Waals surface area contributed by atoms with Crippen LogP contribution in [0.1, 0.15) is 50.8 Å². The van der Waals surface area contributed by atoms with Gasteiger partial charge in [-0.05, 0) is 53.8 Å². The van der Waals surface area contributed by atoms with Gasteiger partial charge in [0.05, 0.1) is 12.1 Å². The highest BCUT2D eigenvalue weighted by molar-refractivity contribution is 6.09. The largest absolute Gasteiger partial charge is 0.280 e. The van der Waals surface area contributed by atoms with Gasteiger partial charge in [-0.25, -0.2) is 9.83 Å². The fourth-order valence-corrected chi connectivity index (χ4v) is 5.83. The third-order valence-corrected chi connectivity index (χ3v) is 7.76. The first-order valence-electron chi connectivity index (χ1n) is 9.83. The molecule has 2 unspecified atom stereocenters. The Morgan fingerprint density at radius 3 is 2.89 bits per heavy atom. The van der Waals surface area contributed by atoms with Gasteiger partial charge in [-0.15, -0.1) is 0 Å². The van der Waals surface area contributed by atoms with Crippen molar-refractivity contribution in [2.75, 3.05) is 0 Å². The van der Waals surface area contributed by atoms with Gasteiger partial charge < -0.3 is 0 Å². The number of fused-ring (bicyclic) bond motifs is 8. The standard InChI is InChI=1S/C23H21N5/c1-22(2)16-9-10-23(22,3)19-18(16)21(27-26-19)28-17-8-7-13(24-4)12-15(17)14-6-5-11-25-20(14)28/h5-8,11-12,16H,9-10H2,1-3H3,(H,26,27). The van der Waals surface area contributed by atoms with Crippen LogP contribution in [0.3, 0.4) is 0 Å². The SMILES string of the molecule is [C-]#[N+]c1ccc2c(c1)c1cccnc1n2-c1n[nH]c2c1C1CCC2(C)C1(C)C. The van der Waals surface area contributed by atoms with Crippen LogP contribution in [0.25, 0.3) is 32.6 Å². The predicted molar refractivity (Wildman–Crippen MR) is 110 cm³/mol. The van der Waals surface area contributed by atoms with Crippen LogP contribution < -0.4 is 0 Å². The maximum atomic E-state index is 7.38. The summed E-state index contributed by atoms with van der Waals surface area (Å²) in [6.07, 6.45) is 4.24. The fourth-order valence-electron chi connectivity index (χ4n) is 5.83. The highest BCUT2D eigenvalue weighted by Gasteiger charge is 2.61. The molecule has 1 saturated carbocycles. The Labute approximate surface area is 163 Å². The molecule has 0 amide bonds. The maximum Gasteiger partial charge on any atom is 0.188 e. The fraction of sp³-hybridized carbons (Fsp3) is 0.348. The maximum absolute atomic E-state index is 7.38. The smallest absolute Gasteiger partial charge is 0.188 e. The van der Waals surface area contributed by atoms with E-state index in [0.29, 0.717) is 11.6 Å². The number of pyridine rings is 1. The third-order valence-electron chi connectivity index (χ3n) is 7.76. The molecule has 5 heteroatoms. The number of rotatable bonds is 1. The van der Waals surface area contributed by atoms with Gasteiger partial charge >= 0.3 is 0 Å². The van der Waals surface area contributed by atoms with Crippen LogP contribution in [-0.2, 0) is 5.41 Å². The molecule has 2 aliphatic carbocycles. The number of hydrogen-bond donors (Lipinski definition) is 1. The Morgan fingerprint density at radius 2 is 2.07 bits per heavy atom. The summed E-state index contributed by atoms with van der Waals surface area (Å²) in [6, 6.07) is 9.92. The van der Waals surface area contributed by atoms with E-state index in [9.17, 15) is 0 Å². The summed E-state index contributed by atoms with van der Waals surface area (Å²) in [6.45, 7) is 14.6. The van der Waals surface area contributed by atoms with Gasteiger partial charge in [0.2, 0.25) is 0 Å². The first kappa shape index (κ1) is 15.9. The second kappa shape index (κ2) is 4.82. The van der Waals surface area contributed by atoms with Gasteiger partial charge in [-0.3, -0.25) is 9.67 Å². The predicted octanol–water partition coefficient (Wildman–Crippen LogP) is 5.63. The van der Waals surface area contributed by atoms with Crippen molar-refractivity contribution >= 4 is 27.6 Å². The number of hydrogen-bond acceptors (Lipinski definition) is 2. The lowest BCUT2D eigenvalue weighted by Gasteiger charge is -2.34. The molecule has 1 N–H and O–H groups in total. The molecule has 4 aromatic rings. The monoisotopic (exact) mass is 367 g/mol. The zero-order valence-electron chi connectivity index (χ0n) is 16.2. The Balaban J connectivity index is 1.72. The van der Waals surface area contributed by atoms with Crippen LogP contribution in [0.5, 0.6) is 0 Å². The quantitative estimate of drug-likeness (QED) is 0.443. The zero-order chi connectivity index (χ0) is 19.3. The number of benzene rings is 1. The van der Waals surface area contributed by atoms with Crippen LogP contribution in [0.4, 0.5) is 5.69 Å². The van der Waals surface area contributed by atoms with E-state index >= 15 is 0 Å². The molecule has 6 rings (SSSR count). The van der Waals surface area contributed by atoms with E-state index in [1.807, 2.05) is 30.5 Å². The molecule has 1 fully saturated rings. The van der Waals surface area contributed by atoms with Gasteiger partial charge in [-0.2, -0.15) is 5.10 Å². The second-order valence-corrected chi connectivity index (χ2v) is 9.00. The number of aromatic amines is 1. The van der Waals surface area contributed by atoms with E-state index in [1.54, 1.807) is 0 Å². The minimum atomic E-state index is 0.141. The van der Waals surface area contributed by atoms with E-state index in [2.05, 4.69) is 41.3 Å². The number of nitrogens with one attached hydrogen (secondary N) is 1. The van der Waals surface area contributed by atoms with Gasteiger partial charge in [0.25, 0.3) is 0 Å². The topological polar surface area (TPSA) is 50.9 Å². The highest BCUT2D eigenvalue weighted by atomic mass is 15.2. The number of aromatic nitrogens is 4. The van der Waals surface area contributed by atoms with Gasteiger partial charge in [-0.1, -0.05) is 26.8 Å². The minimum absolute atomic E-state index is 0.141. The molecule has 0 radical (unpaired) electrons. The Morgan fingerprint density at radius 1 is 1.21 bits per heavy atom. The molecule has 5 nitrogen and oxygen atoms in total. The molecule has 1 aromatic carbocycles. The minimum Gasteiger partial charge on any atom is -0.280 e.